The van der Waals surface area contributed by atoms with Gasteiger partial charge in [-0.25, -0.2) is 4.98 Å². The maximum atomic E-state index is 12.8. The van der Waals surface area contributed by atoms with E-state index >= 15 is 0 Å². The molecule has 2 heterocycles. The molecule has 0 saturated carbocycles. The zero-order chi connectivity index (χ0) is 19.2. The third-order valence-electron chi connectivity index (χ3n) is 5.06. The van der Waals surface area contributed by atoms with Crippen LogP contribution < -0.4 is 4.90 Å². The smallest absolute Gasteiger partial charge is 0.239 e. The molecule has 140 valence electrons. The Labute approximate surface area is 160 Å². The molecule has 6 heteroatoms. The predicted molar refractivity (Wildman–Crippen MR) is 105 cm³/mol. The largest absolute Gasteiger partial charge is 0.353 e. The van der Waals surface area contributed by atoms with E-state index in [9.17, 15) is 10.1 Å². The van der Waals surface area contributed by atoms with Crippen molar-refractivity contribution in [1.29, 1.82) is 5.26 Å². The summed E-state index contributed by atoms with van der Waals surface area (Å²) in [4.78, 5) is 23.3. The molecule has 1 amide bonds. The molecule has 3 rings (SSSR count). The maximum absolute atomic E-state index is 12.8. The van der Waals surface area contributed by atoms with E-state index in [2.05, 4.69) is 20.9 Å². The highest BCUT2D eigenvalue weighted by molar-refractivity contribution is 5.81. The first-order valence-electron chi connectivity index (χ1n) is 9.23. The van der Waals surface area contributed by atoms with E-state index in [1.807, 2.05) is 44.3 Å². The van der Waals surface area contributed by atoms with E-state index in [1.165, 1.54) is 0 Å². The van der Waals surface area contributed by atoms with E-state index in [0.29, 0.717) is 12.1 Å². The molecule has 1 aromatic carbocycles. The number of rotatable bonds is 5. The summed E-state index contributed by atoms with van der Waals surface area (Å²) in [6.07, 6.45) is 1.72. The topological polar surface area (TPSA) is 63.5 Å². The Morgan fingerprint density at radius 1 is 1.19 bits per heavy atom. The lowest BCUT2D eigenvalue weighted by atomic mass is 10.1. The number of piperazine rings is 1. The second-order valence-electron chi connectivity index (χ2n) is 6.87. The van der Waals surface area contributed by atoms with E-state index < -0.39 is 0 Å². The number of amides is 1. The molecule has 1 aliphatic heterocycles. The van der Waals surface area contributed by atoms with Crippen molar-refractivity contribution >= 4 is 11.7 Å². The molecule has 1 saturated heterocycles. The van der Waals surface area contributed by atoms with Gasteiger partial charge in [0.15, 0.2) is 0 Å². The van der Waals surface area contributed by atoms with Crippen molar-refractivity contribution in [2.45, 2.75) is 19.5 Å². The van der Waals surface area contributed by atoms with Crippen molar-refractivity contribution in [3.8, 4) is 6.07 Å². The van der Waals surface area contributed by atoms with Crippen LogP contribution in [0.1, 0.15) is 18.1 Å². The fraction of sp³-hybridized carbons (Fsp3) is 0.381. The zero-order valence-corrected chi connectivity index (χ0v) is 15.9. The summed E-state index contributed by atoms with van der Waals surface area (Å²) >= 11 is 0. The standard InChI is InChI=1S/C21H25N5O/c1-17(21(27)24(2)16-18-7-4-3-5-8-18)25-11-13-26(14-12-25)20-19(15-22)9-6-10-23-20/h3-10,17H,11-14,16H2,1-2H3. The Morgan fingerprint density at radius 3 is 2.56 bits per heavy atom. The summed E-state index contributed by atoms with van der Waals surface area (Å²) in [5.41, 5.74) is 1.72. The molecule has 1 fully saturated rings. The number of aromatic nitrogens is 1. The number of nitrogens with zero attached hydrogens (tertiary/aromatic N) is 5. The molecule has 2 aromatic rings. The Bertz CT molecular complexity index is 809. The lowest BCUT2D eigenvalue weighted by Crippen LogP contribution is -2.54. The minimum Gasteiger partial charge on any atom is -0.353 e. The quantitative estimate of drug-likeness (QED) is 0.814. The van der Waals surface area contributed by atoms with Crippen molar-refractivity contribution in [1.82, 2.24) is 14.8 Å². The van der Waals surface area contributed by atoms with Gasteiger partial charge in [-0.1, -0.05) is 30.3 Å². The summed E-state index contributed by atoms with van der Waals surface area (Å²) in [7, 11) is 1.86. The van der Waals surface area contributed by atoms with Gasteiger partial charge in [-0.2, -0.15) is 5.26 Å². The van der Waals surface area contributed by atoms with Crippen LogP contribution in [-0.4, -0.2) is 60.0 Å². The van der Waals surface area contributed by atoms with Crippen LogP contribution in [0.2, 0.25) is 0 Å². The number of nitriles is 1. The molecule has 1 aliphatic rings. The number of hydrogen-bond donors (Lipinski definition) is 0. The maximum Gasteiger partial charge on any atom is 0.239 e. The van der Waals surface area contributed by atoms with Gasteiger partial charge >= 0.3 is 0 Å². The van der Waals surface area contributed by atoms with Crippen molar-refractivity contribution < 1.29 is 4.79 Å². The third kappa shape index (κ3) is 4.44. The summed E-state index contributed by atoms with van der Waals surface area (Å²) in [6.45, 7) is 5.64. The fourth-order valence-corrected chi connectivity index (χ4v) is 3.47. The number of hydrogen-bond acceptors (Lipinski definition) is 5. The minimum absolute atomic E-state index is 0.128. The van der Waals surface area contributed by atoms with Gasteiger partial charge in [-0.05, 0) is 24.6 Å². The molecule has 0 aliphatic carbocycles. The van der Waals surface area contributed by atoms with Crippen LogP contribution in [0.15, 0.2) is 48.7 Å². The normalized spacial score (nSPS) is 15.8. The van der Waals surface area contributed by atoms with Crippen molar-refractivity contribution in [2.24, 2.45) is 0 Å². The molecule has 27 heavy (non-hydrogen) atoms. The number of benzene rings is 1. The van der Waals surface area contributed by atoms with E-state index in [0.717, 1.165) is 37.6 Å². The Kier molecular flexibility index (Phi) is 6.05. The zero-order valence-electron chi connectivity index (χ0n) is 15.9. The summed E-state index contributed by atoms with van der Waals surface area (Å²) in [6, 6.07) is 15.6. The first-order chi connectivity index (χ1) is 13.1. The van der Waals surface area contributed by atoms with Gasteiger partial charge in [-0.3, -0.25) is 9.69 Å². The molecule has 1 atom stereocenters. The van der Waals surface area contributed by atoms with Crippen molar-refractivity contribution in [2.75, 3.05) is 38.1 Å². The van der Waals surface area contributed by atoms with Crippen LogP contribution >= 0.6 is 0 Å². The van der Waals surface area contributed by atoms with E-state index in [4.69, 9.17) is 0 Å². The number of anilines is 1. The molecule has 6 nitrogen and oxygen atoms in total. The highest BCUT2D eigenvalue weighted by atomic mass is 16.2. The van der Waals surface area contributed by atoms with Gasteiger partial charge in [-0.15, -0.1) is 0 Å². The molecule has 0 spiro atoms. The molecular formula is C21H25N5O. The van der Waals surface area contributed by atoms with Gasteiger partial charge in [0.2, 0.25) is 5.91 Å². The van der Waals surface area contributed by atoms with Crippen LogP contribution in [0.5, 0.6) is 0 Å². The average Bonchev–Trinajstić information content (AvgIpc) is 2.73. The molecule has 0 N–H and O–H groups in total. The van der Waals surface area contributed by atoms with Crippen molar-refractivity contribution in [3.63, 3.8) is 0 Å². The molecule has 0 bridgehead atoms. The second-order valence-corrected chi connectivity index (χ2v) is 6.87. The Balaban J connectivity index is 1.57. The lowest BCUT2D eigenvalue weighted by molar-refractivity contribution is -0.135. The second kappa shape index (κ2) is 8.65. The van der Waals surface area contributed by atoms with Crippen LogP contribution in [-0.2, 0) is 11.3 Å². The van der Waals surface area contributed by atoms with Gasteiger partial charge in [0.05, 0.1) is 11.6 Å². The van der Waals surface area contributed by atoms with E-state index in [-0.39, 0.29) is 11.9 Å². The first-order valence-corrected chi connectivity index (χ1v) is 9.23. The number of carbonyl (C=O) groups is 1. The van der Waals surface area contributed by atoms with Crippen LogP contribution in [0.3, 0.4) is 0 Å². The SMILES string of the molecule is CC(C(=O)N(C)Cc1ccccc1)N1CCN(c2ncccc2C#N)CC1. The van der Waals surface area contributed by atoms with Gasteiger partial charge in [0.25, 0.3) is 0 Å². The summed E-state index contributed by atoms with van der Waals surface area (Å²) < 4.78 is 0. The fourth-order valence-electron chi connectivity index (χ4n) is 3.47. The lowest BCUT2D eigenvalue weighted by Gasteiger charge is -2.39. The highest BCUT2D eigenvalue weighted by Crippen LogP contribution is 2.19. The van der Waals surface area contributed by atoms with Crippen LogP contribution in [0.25, 0.3) is 0 Å². The predicted octanol–water partition coefficient (Wildman–Crippen LogP) is 2.12. The van der Waals surface area contributed by atoms with Gasteiger partial charge in [0, 0.05) is 46.0 Å². The average molecular weight is 363 g/mol. The Hall–Kier alpha value is -2.91. The monoisotopic (exact) mass is 363 g/mol. The minimum atomic E-state index is -0.167. The van der Waals surface area contributed by atoms with E-state index in [1.54, 1.807) is 23.2 Å². The molecular weight excluding hydrogens is 338 g/mol. The number of likely N-dealkylation sites (N-methyl/N-ethyl adjacent to an activating group) is 1. The van der Waals surface area contributed by atoms with Gasteiger partial charge in [0.1, 0.15) is 11.9 Å². The summed E-state index contributed by atoms with van der Waals surface area (Å²) in [5.74, 6) is 0.864. The van der Waals surface area contributed by atoms with Crippen molar-refractivity contribution in [3.05, 3.63) is 59.8 Å². The Morgan fingerprint density at radius 2 is 1.89 bits per heavy atom. The first kappa shape index (κ1) is 18.9. The highest BCUT2D eigenvalue weighted by Gasteiger charge is 2.28. The molecule has 1 unspecified atom stereocenters. The van der Waals surface area contributed by atoms with Gasteiger partial charge < -0.3 is 9.80 Å². The molecule has 1 aromatic heterocycles. The number of pyridine rings is 1. The van der Waals surface area contributed by atoms with Crippen LogP contribution in [0, 0.1) is 11.3 Å². The number of carbonyl (C=O) groups excluding carboxylic acids is 1. The van der Waals surface area contributed by atoms with Crippen LogP contribution in [0.4, 0.5) is 5.82 Å². The molecule has 0 radical (unpaired) electrons. The summed E-state index contributed by atoms with van der Waals surface area (Å²) in [5, 5.41) is 9.27. The third-order valence-corrected chi connectivity index (χ3v) is 5.06.